The minimum Gasteiger partial charge on any atom is -0.478 e. The maximum atomic E-state index is 13.1. The van der Waals surface area contributed by atoms with E-state index >= 15 is 0 Å². The lowest BCUT2D eigenvalue weighted by Gasteiger charge is -2.38. The molecule has 7 heteroatoms. The Kier molecular flexibility index (Phi) is 5.07. The van der Waals surface area contributed by atoms with E-state index in [1.807, 2.05) is 18.2 Å². The molecule has 29 heavy (non-hydrogen) atoms. The number of amides is 2. The number of piperazine rings is 1. The predicted molar refractivity (Wildman–Crippen MR) is 109 cm³/mol. The minimum atomic E-state index is -1.08. The molecule has 0 aromatic heterocycles. The number of para-hydroxylation sites is 1. The summed E-state index contributed by atoms with van der Waals surface area (Å²) in [4.78, 5) is 42.6. The van der Waals surface area contributed by atoms with E-state index in [0.29, 0.717) is 24.3 Å². The summed E-state index contributed by atoms with van der Waals surface area (Å²) in [5.74, 6) is -1.64. The lowest BCUT2D eigenvalue weighted by molar-refractivity contribution is -0.123. The van der Waals surface area contributed by atoms with Gasteiger partial charge in [0, 0.05) is 31.9 Å². The van der Waals surface area contributed by atoms with Crippen molar-refractivity contribution in [2.45, 2.75) is 19.4 Å². The summed E-state index contributed by atoms with van der Waals surface area (Å²) in [5.41, 5.74) is 2.28. The fraction of sp³-hybridized carbons (Fsp3) is 0.318. The van der Waals surface area contributed by atoms with Gasteiger partial charge in [-0.1, -0.05) is 24.3 Å². The van der Waals surface area contributed by atoms with E-state index < -0.39 is 12.0 Å². The van der Waals surface area contributed by atoms with Crippen molar-refractivity contribution in [3.8, 4) is 0 Å². The second kappa shape index (κ2) is 7.67. The molecule has 0 saturated carbocycles. The topological polar surface area (TPSA) is 81.2 Å². The first-order chi connectivity index (χ1) is 14.0. The van der Waals surface area contributed by atoms with Crippen LogP contribution in [0.2, 0.25) is 0 Å². The number of nitrogens with zero attached hydrogens (tertiary/aromatic N) is 3. The third kappa shape index (κ3) is 3.61. The van der Waals surface area contributed by atoms with Crippen LogP contribution in [0.4, 0.5) is 11.4 Å². The number of hydrogen-bond donors (Lipinski definition) is 1. The molecule has 4 rings (SSSR count). The molecule has 2 aliphatic rings. The van der Waals surface area contributed by atoms with Gasteiger partial charge in [0.15, 0.2) is 0 Å². The Bertz CT molecular complexity index is 952. The lowest BCUT2D eigenvalue weighted by atomic mass is 10.1. The van der Waals surface area contributed by atoms with Crippen LogP contribution in [0, 0.1) is 6.92 Å². The third-order valence-electron chi connectivity index (χ3n) is 5.70. The Morgan fingerprint density at radius 3 is 2.34 bits per heavy atom. The zero-order valence-corrected chi connectivity index (χ0v) is 16.2. The highest BCUT2D eigenvalue weighted by Crippen LogP contribution is 2.30. The highest BCUT2D eigenvalue weighted by molar-refractivity contribution is 6.23. The minimum absolute atomic E-state index is 0.0612. The molecular formula is C22H23N3O4. The highest BCUT2D eigenvalue weighted by Gasteiger charge is 2.43. The number of anilines is 2. The summed E-state index contributed by atoms with van der Waals surface area (Å²) in [6, 6.07) is 14.2. The standard InChI is InChI=1S/C22H23N3O4/c1-15-7-8-16(22(28)29)13-18(15)25-20(26)14-19(21(25)27)24-11-9-23(10-12-24)17-5-3-2-4-6-17/h2-8,13,19H,9-12,14H2,1H3,(H,28,29)/t19-/m0/s1. The van der Waals surface area contributed by atoms with Gasteiger partial charge in [0.2, 0.25) is 5.91 Å². The second-order valence-electron chi connectivity index (χ2n) is 7.45. The van der Waals surface area contributed by atoms with E-state index in [9.17, 15) is 19.5 Å². The summed E-state index contributed by atoms with van der Waals surface area (Å²) in [6.07, 6.45) is 0.126. The molecule has 0 radical (unpaired) electrons. The van der Waals surface area contributed by atoms with Crippen LogP contribution >= 0.6 is 0 Å². The summed E-state index contributed by atoms with van der Waals surface area (Å²) >= 11 is 0. The number of benzene rings is 2. The fourth-order valence-electron chi connectivity index (χ4n) is 4.07. The number of carbonyl (C=O) groups excluding carboxylic acids is 2. The first-order valence-electron chi connectivity index (χ1n) is 9.70. The van der Waals surface area contributed by atoms with Crippen LogP contribution < -0.4 is 9.80 Å². The van der Waals surface area contributed by atoms with Crippen molar-refractivity contribution in [3.63, 3.8) is 0 Å². The number of carboxylic acid groups (broad SMARTS) is 1. The van der Waals surface area contributed by atoms with Crippen molar-refractivity contribution < 1.29 is 19.5 Å². The molecule has 1 N–H and O–H groups in total. The first-order valence-corrected chi connectivity index (χ1v) is 9.70. The average Bonchev–Trinajstić information content (AvgIpc) is 3.03. The van der Waals surface area contributed by atoms with Gasteiger partial charge < -0.3 is 10.0 Å². The van der Waals surface area contributed by atoms with Crippen LogP contribution in [0.25, 0.3) is 0 Å². The van der Waals surface area contributed by atoms with Gasteiger partial charge in [0.05, 0.1) is 23.7 Å². The SMILES string of the molecule is Cc1ccc(C(=O)O)cc1N1C(=O)C[C@H](N2CCN(c3ccccc3)CC2)C1=O. The van der Waals surface area contributed by atoms with Crippen molar-refractivity contribution in [1.82, 2.24) is 4.90 Å². The summed E-state index contributed by atoms with van der Waals surface area (Å²) in [5, 5.41) is 9.25. The Morgan fingerprint density at radius 2 is 1.69 bits per heavy atom. The molecule has 0 aliphatic carbocycles. The second-order valence-corrected chi connectivity index (χ2v) is 7.45. The van der Waals surface area contributed by atoms with Crippen LogP contribution in [-0.2, 0) is 9.59 Å². The number of carboxylic acids is 1. The molecule has 1 atom stereocenters. The number of rotatable bonds is 4. The third-order valence-corrected chi connectivity index (χ3v) is 5.70. The van der Waals surface area contributed by atoms with Gasteiger partial charge in [0.25, 0.3) is 5.91 Å². The Morgan fingerprint density at radius 1 is 1.00 bits per heavy atom. The monoisotopic (exact) mass is 393 g/mol. The average molecular weight is 393 g/mol. The molecule has 7 nitrogen and oxygen atoms in total. The van der Waals surface area contributed by atoms with E-state index in [1.165, 1.54) is 12.1 Å². The van der Waals surface area contributed by atoms with Gasteiger partial charge in [-0.25, -0.2) is 9.69 Å². The molecule has 2 saturated heterocycles. The maximum Gasteiger partial charge on any atom is 0.335 e. The highest BCUT2D eigenvalue weighted by atomic mass is 16.4. The van der Waals surface area contributed by atoms with Gasteiger partial charge in [-0.15, -0.1) is 0 Å². The molecule has 2 amide bonds. The van der Waals surface area contributed by atoms with Crippen LogP contribution in [0.5, 0.6) is 0 Å². The molecule has 2 aliphatic heterocycles. The Hall–Kier alpha value is -3.19. The zero-order valence-electron chi connectivity index (χ0n) is 16.2. The number of aromatic carboxylic acids is 1. The van der Waals surface area contributed by atoms with Crippen molar-refractivity contribution in [1.29, 1.82) is 0 Å². The van der Waals surface area contributed by atoms with Gasteiger partial charge in [-0.05, 0) is 36.8 Å². The molecule has 0 bridgehead atoms. The fourth-order valence-corrected chi connectivity index (χ4v) is 4.07. The molecular weight excluding hydrogens is 370 g/mol. The molecule has 2 aromatic rings. The van der Waals surface area contributed by atoms with Crippen molar-refractivity contribution in [3.05, 3.63) is 59.7 Å². The summed E-state index contributed by atoms with van der Waals surface area (Å²) < 4.78 is 0. The van der Waals surface area contributed by atoms with E-state index in [2.05, 4.69) is 21.9 Å². The van der Waals surface area contributed by atoms with E-state index in [1.54, 1.807) is 13.0 Å². The van der Waals surface area contributed by atoms with Crippen LogP contribution in [-0.4, -0.2) is 60.0 Å². The number of carbonyl (C=O) groups is 3. The van der Waals surface area contributed by atoms with Crippen molar-refractivity contribution >= 4 is 29.2 Å². The molecule has 150 valence electrons. The summed E-state index contributed by atoms with van der Waals surface area (Å²) in [6.45, 7) is 4.74. The molecule has 0 unspecified atom stereocenters. The van der Waals surface area contributed by atoms with Gasteiger partial charge in [-0.3, -0.25) is 14.5 Å². The normalized spacial score (nSPS) is 20.4. The quantitative estimate of drug-likeness (QED) is 0.802. The van der Waals surface area contributed by atoms with Gasteiger partial charge in [0.1, 0.15) is 0 Å². The summed E-state index contributed by atoms with van der Waals surface area (Å²) in [7, 11) is 0. The van der Waals surface area contributed by atoms with Gasteiger partial charge >= 0.3 is 5.97 Å². The Labute approximate surface area is 169 Å². The zero-order chi connectivity index (χ0) is 20.5. The predicted octanol–water partition coefficient (Wildman–Crippen LogP) is 2.15. The number of imide groups is 1. The number of aryl methyl sites for hydroxylation is 1. The van der Waals surface area contributed by atoms with Crippen molar-refractivity contribution in [2.24, 2.45) is 0 Å². The molecule has 2 fully saturated rings. The van der Waals surface area contributed by atoms with E-state index in [4.69, 9.17) is 0 Å². The lowest BCUT2D eigenvalue weighted by Crippen LogP contribution is -2.52. The van der Waals surface area contributed by atoms with E-state index in [-0.39, 0.29) is 23.8 Å². The largest absolute Gasteiger partial charge is 0.478 e. The van der Waals surface area contributed by atoms with Crippen LogP contribution in [0.1, 0.15) is 22.3 Å². The van der Waals surface area contributed by atoms with Crippen molar-refractivity contribution in [2.75, 3.05) is 36.0 Å². The van der Waals surface area contributed by atoms with Crippen LogP contribution in [0.15, 0.2) is 48.5 Å². The number of hydrogen-bond acceptors (Lipinski definition) is 5. The smallest absolute Gasteiger partial charge is 0.335 e. The Balaban J connectivity index is 1.49. The molecule has 2 aromatic carbocycles. The van der Waals surface area contributed by atoms with E-state index in [0.717, 1.165) is 23.7 Å². The molecule has 2 heterocycles. The first kappa shape index (κ1) is 19.1. The van der Waals surface area contributed by atoms with Crippen LogP contribution in [0.3, 0.4) is 0 Å². The maximum absolute atomic E-state index is 13.1. The van der Waals surface area contributed by atoms with Gasteiger partial charge in [-0.2, -0.15) is 0 Å². The molecule has 0 spiro atoms.